The molecule has 0 aromatic carbocycles. The van der Waals surface area contributed by atoms with Crippen molar-refractivity contribution < 1.29 is 9.59 Å². The van der Waals surface area contributed by atoms with E-state index < -0.39 is 16.7 Å². The number of aromatic nitrogens is 1. The number of hydrogen-bond acceptors (Lipinski definition) is 5. The molecule has 0 saturated heterocycles. The van der Waals surface area contributed by atoms with Crippen LogP contribution in [0.2, 0.25) is 0 Å². The van der Waals surface area contributed by atoms with E-state index in [0.717, 1.165) is 48.7 Å². The Balaban J connectivity index is 1.90. The molecule has 148 valence electrons. The second-order valence-electron chi connectivity index (χ2n) is 8.49. The number of primary amides is 2. The van der Waals surface area contributed by atoms with Gasteiger partial charge in [-0.3, -0.25) is 9.59 Å². The molecule has 0 radical (unpaired) electrons. The maximum absolute atomic E-state index is 13.2. The zero-order chi connectivity index (χ0) is 19.4. The van der Waals surface area contributed by atoms with E-state index >= 15 is 0 Å². The molecule has 3 saturated carbocycles. The van der Waals surface area contributed by atoms with Crippen molar-refractivity contribution in [3.05, 3.63) is 15.0 Å². The molecule has 1 aromatic rings. The topological polar surface area (TPSA) is 125 Å². The van der Waals surface area contributed by atoms with Gasteiger partial charge in [0.05, 0.1) is 15.4 Å². The first kappa shape index (κ1) is 19.3. The Labute approximate surface area is 171 Å². The van der Waals surface area contributed by atoms with Gasteiger partial charge in [-0.05, 0) is 78.3 Å². The van der Waals surface area contributed by atoms with Gasteiger partial charge in [0.2, 0.25) is 11.8 Å². The van der Waals surface area contributed by atoms with Crippen LogP contribution < -0.4 is 17.2 Å². The smallest absolute Gasteiger partial charge is 0.231 e. The molecule has 2 amide bonds. The van der Waals surface area contributed by atoms with Gasteiger partial charge in [-0.25, -0.2) is 4.98 Å². The Morgan fingerprint density at radius 2 is 1.85 bits per heavy atom. The Morgan fingerprint density at radius 3 is 2.37 bits per heavy atom. The van der Waals surface area contributed by atoms with E-state index in [9.17, 15) is 9.59 Å². The molecule has 3 aliphatic carbocycles. The molecule has 4 atom stereocenters. The van der Waals surface area contributed by atoms with Crippen LogP contribution in [0.15, 0.2) is 9.98 Å². The van der Waals surface area contributed by atoms with Crippen molar-refractivity contribution in [3.63, 3.8) is 0 Å². The molecule has 0 aliphatic heterocycles. The summed E-state index contributed by atoms with van der Waals surface area (Å²) in [6.45, 7) is 0.625. The van der Waals surface area contributed by atoms with Crippen LogP contribution in [0.3, 0.4) is 0 Å². The van der Waals surface area contributed by atoms with Gasteiger partial charge in [-0.15, -0.1) is 11.3 Å². The van der Waals surface area contributed by atoms with Gasteiger partial charge >= 0.3 is 0 Å². The Kier molecular flexibility index (Phi) is 4.67. The highest BCUT2D eigenvalue weighted by atomic mass is 79.9. The predicted molar refractivity (Wildman–Crippen MR) is 108 cm³/mol. The van der Waals surface area contributed by atoms with Crippen LogP contribution in [0.25, 0.3) is 0 Å². The molecule has 8 heteroatoms. The van der Waals surface area contributed by atoms with E-state index in [1.807, 2.05) is 0 Å². The summed E-state index contributed by atoms with van der Waals surface area (Å²) in [7, 11) is 0. The van der Waals surface area contributed by atoms with Crippen LogP contribution in [0.5, 0.6) is 0 Å². The fourth-order valence-electron chi connectivity index (χ4n) is 6.82. The number of hydrogen-bond donors (Lipinski definition) is 3. The molecular formula is C19H27BrN4O2S. The maximum atomic E-state index is 13.2. The van der Waals surface area contributed by atoms with Gasteiger partial charge in [0.25, 0.3) is 0 Å². The van der Waals surface area contributed by atoms with Gasteiger partial charge in [0.15, 0.2) is 0 Å². The summed E-state index contributed by atoms with van der Waals surface area (Å²) in [5.41, 5.74) is 15.9. The van der Waals surface area contributed by atoms with Crippen molar-refractivity contribution in [2.24, 2.45) is 39.9 Å². The number of amides is 2. The van der Waals surface area contributed by atoms with Gasteiger partial charge in [-0.2, -0.15) is 0 Å². The quantitative estimate of drug-likeness (QED) is 0.521. The number of carbonyl (C=O) groups excluding carboxylic acids is 2. The maximum Gasteiger partial charge on any atom is 0.231 e. The average Bonchev–Trinajstić information content (AvgIpc) is 3.09. The van der Waals surface area contributed by atoms with Crippen molar-refractivity contribution >= 4 is 39.1 Å². The molecule has 1 aromatic heterocycles. The summed E-state index contributed by atoms with van der Waals surface area (Å²) in [5.74, 6) is -0.618. The Morgan fingerprint density at radius 1 is 1.15 bits per heavy atom. The number of rotatable bonds is 8. The second kappa shape index (κ2) is 6.52. The Hall–Kier alpha value is -0.990. The number of nitrogens with zero attached hydrogens (tertiary/aromatic N) is 1. The zero-order valence-electron chi connectivity index (χ0n) is 15.4. The Bertz CT molecular complexity index is 780. The summed E-state index contributed by atoms with van der Waals surface area (Å²) < 4.78 is 0.840. The van der Waals surface area contributed by atoms with Crippen LogP contribution in [0.4, 0.5) is 0 Å². The van der Waals surface area contributed by atoms with Crippen molar-refractivity contribution in [2.45, 2.75) is 56.8 Å². The van der Waals surface area contributed by atoms with Crippen LogP contribution in [0, 0.1) is 22.7 Å². The van der Waals surface area contributed by atoms with E-state index in [2.05, 4.69) is 20.9 Å². The third-order valence-corrected chi connectivity index (χ3v) is 9.31. The van der Waals surface area contributed by atoms with Crippen molar-refractivity contribution in [2.75, 3.05) is 6.54 Å². The third kappa shape index (κ3) is 2.29. The molecular weight excluding hydrogens is 428 g/mol. The summed E-state index contributed by atoms with van der Waals surface area (Å²) in [6, 6.07) is 0. The first-order chi connectivity index (χ1) is 12.9. The molecule has 1 heterocycles. The third-order valence-electron chi connectivity index (χ3n) is 7.70. The molecule has 27 heavy (non-hydrogen) atoms. The normalized spacial score (nSPS) is 35.6. The van der Waals surface area contributed by atoms with Crippen molar-refractivity contribution in [1.29, 1.82) is 0 Å². The minimum absolute atomic E-state index is 0.0378. The lowest BCUT2D eigenvalue weighted by Crippen LogP contribution is -2.63. The molecule has 0 unspecified atom stereocenters. The van der Waals surface area contributed by atoms with E-state index in [1.54, 1.807) is 6.20 Å². The molecule has 4 rings (SSSR count). The van der Waals surface area contributed by atoms with Crippen LogP contribution in [0.1, 0.15) is 56.4 Å². The summed E-state index contributed by atoms with van der Waals surface area (Å²) in [6.07, 6.45) is 8.92. The van der Waals surface area contributed by atoms with Crippen LogP contribution >= 0.6 is 27.3 Å². The molecule has 6 N–H and O–H groups in total. The highest BCUT2D eigenvalue weighted by Crippen LogP contribution is 2.83. The second-order valence-corrected chi connectivity index (χ2v) is 10.9. The lowest BCUT2D eigenvalue weighted by Gasteiger charge is -2.48. The lowest BCUT2D eigenvalue weighted by molar-refractivity contribution is -0.147. The fourth-order valence-corrected chi connectivity index (χ4v) is 8.37. The fraction of sp³-hybridized carbons (Fsp3) is 0.737. The lowest BCUT2D eigenvalue weighted by atomic mass is 9.53. The molecule has 3 fully saturated rings. The molecule has 3 aliphatic rings. The van der Waals surface area contributed by atoms with Crippen molar-refractivity contribution in [3.8, 4) is 0 Å². The number of nitrogens with two attached hydrogens (primary N) is 3. The van der Waals surface area contributed by atoms with E-state index in [0.29, 0.717) is 18.0 Å². The first-order valence-corrected chi connectivity index (χ1v) is 11.4. The first-order valence-electron chi connectivity index (χ1n) is 9.79. The van der Waals surface area contributed by atoms with Gasteiger partial charge in [0, 0.05) is 0 Å². The summed E-state index contributed by atoms with van der Waals surface area (Å²) in [4.78, 5) is 30.9. The minimum atomic E-state index is -1.09. The largest absolute Gasteiger partial charge is 0.369 e. The van der Waals surface area contributed by atoms with Gasteiger partial charge in [-0.1, -0.05) is 12.8 Å². The number of unbranched alkanes of at least 4 members (excludes halogenated alkanes) is 2. The molecule has 6 nitrogen and oxygen atoms in total. The van der Waals surface area contributed by atoms with Crippen molar-refractivity contribution in [1.82, 2.24) is 4.98 Å². The van der Waals surface area contributed by atoms with Gasteiger partial charge < -0.3 is 17.2 Å². The summed E-state index contributed by atoms with van der Waals surface area (Å²) >= 11 is 4.89. The monoisotopic (exact) mass is 454 g/mol. The van der Waals surface area contributed by atoms with E-state index in [-0.39, 0.29) is 23.2 Å². The standard InChI is InChI=1S/C19H27BrN4O2S/c20-13-10-24-16(27-13)19(15(23)26)12-5-4-11(17(12)7-8-17)18(19,14(22)25)6-2-1-3-9-21/h10-12H,1-9,21H2,(H2,22,25)(H2,23,26)/t11-,12+,18+,19-/m1/s1. The van der Waals surface area contributed by atoms with E-state index in [4.69, 9.17) is 17.2 Å². The highest BCUT2D eigenvalue weighted by Gasteiger charge is 2.84. The zero-order valence-corrected chi connectivity index (χ0v) is 17.8. The predicted octanol–water partition coefficient (Wildman–Crippen LogP) is 2.44. The minimum Gasteiger partial charge on any atom is -0.369 e. The average molecular weight is 455 g/mol. The van der Waals surface area contributed by atoms with Crippen LogP contribution in [-0.2, 0) is 15.0 Å². The highest BCUT2D eigenvalue weighted by molar-refractivity contribution is 9.11. The van der Waals surface area contributed by atoms with Gasteiger partial charge in [0.1, 0.15) is 10.4 Å². The number of carbonyl (C=O) groups is 2. The van der Waals surface area contributed by atoms with Crippen LogP contribution in [-0.4, -0.2) is 23.3 Å². The van der Waals surface area contributed by atoms with E-state index in [1.165, 1.54) is 11.3 Å². The number of thiazole rings is 1. The summed E-state index contributed by atoms with van der Waals surface area (Å²) in [5, 5.41) is 0.665. The molecule has 1 spiro atoms. The molecule has 2 bridgehead atoms. The number of halogens is 1. The SMILES string of the molecule is NCCCCC[C@@]1(C(N)=O)[C@@H]2CC[C@@H](C23CC3)[C@@]1(C(N)=O)c1ncc(Br)s1.